The monoisotopic (exact) mass is 676 g/mol. The number of β-lactam (4-membered cyclic amide) rings is 1. The number of hydrogen-bond acceptors (Lipinski definition) is 14. The molecule has 0 aliphatic carbocycles. The van der Waals surface area contributed by atoms with Crippen molar-refractivity contribution < 1.29 is 28.8 Å². The lowest BCUT2D eigenvalue weighted by molar-refractivity contribution is -0.154. The van der Waals surface area contributed by atoms with Crippen LogP contribution in [0.25, 0.3) is 5.57 Å². The molecule has 4 aromatic rings. The molecule has 4 heterocycles. The first-order valence-electron chi connectivity index (χ1n) is 13.6. The van der Waals surface area contributed by atoms with Crippen LogP contribution in [0.15, 0.2) is 76.9 Å². The maximum Gasteiger partial charge on any atom is 0.356 e. The quantitative estimate of drug-likeness (QED) is 0.0968. The van der Waals surface area contributed by atoms with Gasteiger partial charge in [0.1, 0.15) is 28.3 Å². The lowest BCUT2D eigenvalue weighted by Gasteiger charge is -2.49. The number of nitrogens with zero attached hydrogens (tertiary/aromatic N) is 5. The van der Waals surface area contributed by atoms with Gasteiger partial charge in [-0.2, -0.15) is 4.98 Å². The predicted octanol–water partition coefficient (Wildman–Crippen LogP) is 3.04. The smallest absolute Gasteiger partial charge is 0.356 e. The molecule has 1 saturated heterocycles. The van der Waals surface area contributed by atoms with Crippen molar-refractivity contribution in [2.45, 2.75) is 24.4 Å². The number of carbonyl (C=O) groups is 4. The second-order valence-corrected chi connectivity index (χ2v) is 12.7. The van der Waals surface area contributed by atoms with Crippen LogP contribution in [0.3, 0.4) is 0 Å². The number of nitrogens with one attached hydrogen (secondary N) is 2. The van der Waals surface area contributed by atoms with Gasteiger partial charge in [0.15, 0.2) is 11.2 Å². The second kappa shape index (κ2) is 13.5. The molecule has 2 aromatic heterocycles. The van der Waals surface area contributed by atoms with Crippen LogP contribution in [0.5, 0.6) is 5.88 Å². The molecule has 2 aromatic carbocycles. The zero-order chi connectivity index (χ0) is 32.2. The molecule has 234 valence electrons. The minimum atomic E-state index is -0.952. The van der Waals surface area contributed by atoms with Crippen LogP contribution in [0, 0.1) is 0 Å². The fourth-order valence-electron chi connectivity index (χ4n) is 4.70. The minimum absolute atomic E-state index is 0.0141. The van der Waals surface area contributed by atoms with Gasteiger partial charge in [0.2, 0.25) is 11.0 Å². The summed E-state index contributed by atoms with van der Waals surface area (Å²) in [5.74, 6) is -1.93. The van der Waals surface area contributed by atoms with Crippen molar-refractivity contribution in [2.75, 3.05) is 16.8 Å². The van der Waals surface area contributed by atoms with E-state index < -0.39 is 35.3 Å². The molecule has 0 bridgehead atoms. The number of nitrogen functional groups attached to an aromatic ring is 1. The molecule has 0 spiro atoms. The molecule has 1 fully saturated rings. The number of fused-ring (bicyclic) bond motifs is 1. The van der Waals surface area contributed by atoms with E-state index in [9.17, 15) is 19.2 Å². The molecule has 0 saturated carbocycles. The summed E-state index contributed by atoms with van der Waals surface area (Å²) in [5, 5.41) is 18.8. The maximum absolute atomic E-state index is 14.1. The molecule has 2 unspecified atom stereocenters. The Morgan fingerprint density at radius 3 is 2.41 bits per heavy atom. The number of thioether (sulfide) groups is 1. The Morgan fingerprint density at radius 2 is 1.78 bits per heavy atom. The van der Waals surface area contributed by atoms with E-state index in [2.05, 4.69) is 31.0 Å². The summed E-state index contributed by atoms with van der Waals surface area (Å²) in [6, 6.07) is 17.5. The number of thiazole rings is 1. The standard InChI is InChI=1S/C29H24N8O6S3/c1-15(38)32-29-36-35-24(46-29)18-13-44-26-21(33-19(39)12-31-43-20-14-45-28(30)34-20)25(40)37(26)22(18)27(41)42-23(16-8-4-2-5-9-16)17-10-6-3-7-11-17/h2-12,14,21,23,26H,13H2,1H3,(H2,30,34)(H,33,39)(H,32,36,38)/b31-12+. The van der Waals surface area contributed by atoms with Gasteiger partial charge in [0, 0.05) is 18.2 Å². The Bertz CT molecular complexity index is 1810. The molecule has 2 aliphatic rings. The zero-order valence-electron chi connectivity index (χ0n) is 23.9. The van der Waals surface area contributed by atoms with Crippen LogP contribution in [-0.2, 0) is 23.9 Å². The van der Waals surface area contributed by atoms with Crippen LogP contribution in [0.2, 0.25) is 0 Å². The van der Waals surface area contributed by atoms with Crippen LogP contribution in [0.1, 0.15) is 29.2 Å². The van der Waals surface area contributed by atoms with Crippen molar-refractivity contribution in [3.8, 4) is 5.88 Å². The van der Waals surface area contributed by atoms with E-state index in [1.165, 1.54) is 29.0 Å². The number of hydrogen-bond donors (Lipinski definition) is 3. The van der Waals surface area contributed by atoms with E-state index in [0.717, 1.165) is 40.0 Å². The second-order valence-electron chi connectivity index (χ2n) is 9.77. The largest absolute Gasteiger partial charge is 0.448 e. The van der Waals surface area contributed by atoms with Gasteiger partial charge in [-0.15, -0.1) is 33.3 Å². The SMILES string of the molecule is CC(=O)Nc1nnc(C2=C(C(=O)OC(c3ccccc3)c3ccccc3)N3C(=O)C(NC(=O)/C=N/Oc4csc(N)n4)C3SC2)s1. The van der Waals surface area contributed by atoms with Crippen LogP contribution in [-0.4, -0.2) is 67.2 Å². The molecule has 46 heavy (non-hydrogen) atoms. The third kappa shape index (κ3) is 6.60. The Kier molecular flexibility index (Phi) is 9.04. The highest BCUT2D eigenvalue weighted by Crippen LogP contribution is 2.45. The Balaban J connectivity index is 1.28. The van der Waals surface area contributed by atoms with Gasteiger partial charge in [-0.1, -0.05) is 77.2 Å². The van der Waals surface area contributed by atoms with Crippen molar-refractivity contribution in [2.24, 2.45) is 5.16 Å². The van der Waals surface area contributed by atoms with E-state index in [1.54, 1.807) is 0 Å². The van der Waals surface area contributed by atoms with Crippen molar-refractivity contribution >= 4 is 80.2 Å². The molecular formula is C29H24N8O6S3. The minimum Gasteiger partial charge on any atom is -0.448 e. The van der Waals surface area contributed by atoms with Crippen molar-refractivity contribution in [3.05, 3.63) is 87.9 Å². The topological polar surface area (TPSA) is 191 Å². The first-order chi connectivity index (χ1) is 22.3. The number of carbonyl (C=O) groups excluding carboxylic acids is 4. The molecule has 4 N–H and O–H groups in total. The van der Waals surface area contributed by atoms with Gasteiger partial charge < -0.3 is 25.9 Å². The number of nitrogens with two attached hydrogens (primary N) is 1. The molecule has 2 atom stereocenters. The maximum atomic E-state index is 14.1. The summed E-state index contributed by atoms with van der Waals surface area (Å²) >= 11 is 3.54. The lowest BCUT2D eigenvalue weighted by Crippen LogP contribution is -2.70. The van der Waals surface area contributed by atoms with Crippen molar-refractivity contribution in [3.63, 3.8) is 0 Å². The van der Waals surface area contributed by atoms with Gasteiger partial charge in [-0.3, -0.25) is 19.3 Å². The predicted molar refractivity (Wildman–Crippen MR) is 173 cm³/mol. The summed E-state index contributed by atoms with van der Waals surface area (Å²) < 4.78 is 6.15. The molecule has 14 nitrogen and oxygen atoms in total. The number of anilines is 2. The van der Waals surface area contributed by atoms with Gasteiger partial charge in [-0.05, 0) is 11.1 Å². The van der Waals surface area contributed by atoms with Crippen molar-refractivity contribution in [1.82, 2.24) is 25.4 Å². The third-order valence-electron chi connectivity index (χ3n) is 6.67. The number of rotatable bonds is 10. The van der Waals surface area contributed by atoms with Crippen LogP contribution >= 0.6 is 34.4 Å². The van der Waals surface area contributed by atoms with Crippen LogP contribution < -0.4 is 21.2 Å². The molecule has 0 radical (unpaired) electrons. The number of aromatic nitrogens is 3. The van der Waals surface area contributed by atoms with Gasteiger partial charge in [0.05, 0.1) is 5.38 Å². The highest BCUT2D eigenvalue weighted by Gasteiger charge is 2.55. The average Bonchev–Trinajstić information content (AvgIpc) is 3.70. The fourth-order valence-corrected chi connectivity index (χ4v) is 7.43. The Morgan fingerprint density at radius 1 is 1.09 bits per heavy atom. The molecular weight excluding hydrogens is 653 g/mol. The number of ether oxygens (including phenoxy) is 1. The summed E-state index contributed by atoms with van der Waals surface area (Å²) in [4.78, 5) is 62.1. The number of benzene rings is 2. The van der Waals surface area contributed by atoms with Gasteiger partial charge in [0.25, 0.3) is 17.7 Å². The molecule has 3 amide bonds. The summed E-state index contributed by atoms with van der Waals surface area (Å²) in [6.07, 6.45) is 0.0991. The first kappa shape index (κ1) is 30.9. The highest BCUT2D eigenvalue weighted by molar-refractivity contribution is 8.00. The van der Waals surface area contributed by atoms with E-state index in [-0.39, 0.29) is 33.5 Å². The first-order valence-corrected chi connectivity index (χ1v) is 16.3. The van der Waals surface area contributed by atoms with Gasteiger partial charge >= 0.3 is 5.97 Å². The normalized spacial score (nSPS) is 17.4. The zero-order valence-corrected chi connectivity index (χ0v) is 26.3. The summed E-state index contributed by atoms with van der Waals surface area (Å²) in [7, 11) is 0. The third-order valence-corrected chi connectivity index (χ3v) is 9.50. The fraction of sp³-hybridized carbons (Fsp3) is 0.172. The summed E-state index contributed by atoms with van der Waals surface area (Å²) in [5.41, 5.74) is 7.42. The lowest BCUT2D eigenvalue weighted by atomic mass is 10.0. The van der Waals surface area contributed by atoms with Gasteiger partial charge in [-0.25, -0.2) is 4.79 Å². The van der Waals surface area contributed by atoms with E-state index >= 15 is 0 Å². The number of oxime groups is 1. The Hall–Kier alpha value is -5.13. The molecule has 2 aliphatic heterocycles. The summed E-state index contributed by atoms with van der Waals surface area (Å²) in [6.45, 7) is 1.34. The van der Waals surface area contributed by atoms with E-state index in [1.807, 2.05) is 60.7 Å². The average molecular weight is 677 g/mol. The Labute approximate surface area is 273 Å². The van der Waals surface area contributed by atoms with E-state index in [0.29, 0.717) is 10.6 Å². The molecule has 17 heteroatoms. The number of amides is 3. The highest BCUT2D eigenvalue weighted by atomic mass is 32.2. The van der Waals surface area contributed by atoms with E-state index in [4.69, 9.17) is 15.3 Å². The number of esters is 1. The molecule has 6 rings (SSSR count). The van der Waals surface area contributed by atoms with Crippen LogP contribution in [0.4, 0.5) is 10.3 Å². The van der Waals surface area contributed by atoms with Crippen molar-refractivity contribution in [1.29, 1.82) is 0 Å².